The van der Waals surface area contributed by atoms with Crippen LogP contribution in [0, 0.1) is 20.2 Å². The van der Waals surface area contributed by atoms with Crippen LogP contribution in [-0.4, -0.2) is 51.2 Å². The summed E-state index contributed by atoms with van der Waals surface area (Å²) in [5.74, 6) is 1.04. The summed E-state index contributed by atoms with van der Waals surface area (Å²) in [5, 5.41) is 39.0. The molecule has 4 aromatic rings. The summed E-state index contributed by atoms with van der Waals surface area (Å²) >= 11 is 9.21. The highest BCUT2D eigenvalue weighted by Crippen LogP contribution is 2.35. The minimum atomic E-state index is -1.47. The van der Waals surface area contributed by atoms with Crippen molar-refractivity contribution < 1.29 is 29.4 Å². The minimum Gasteiger partial charge on any atom is -0.497 e. The fourth-order valence-corrected chi connectivity index (χ4v) is 4.04. The van der Waals surface area contributed by atoms with Crippen LogP contribution in [0.1, 0.15) is 0 Å². The molecule has 0 bridgehead atoms. The Hall–Kier alpha value is -3.44. The maximum atomic E-state index is 11.1. The molecule has 2 aromatic carbocycles. The number of aromatic nitrogens is 2. The molecule has 2 aromatic heterocycles. The molecule has 0 aliphatic carbocycles. The highest BCUT2D eigenvalue weighted by atomic mass is 79.9. The van der Waals surface area contributed by atoms with Gasteiger partial charge in [-0.1, -0.05) is 30.3 Å². The van der Waals surface area contributed by atoms with Crippen molar-refractivity contribution in [3.63, 3.8) is 0 Å². The predicted octanol–water partition coefficient (Wildman–Crippen LogP) is 5.32. The van der Waals surface area contributed by atoms with Gasteiger partial charge in [-0.2, -0.15) is 0 Å². The summed E-state index contributed by atoms with van der Waals surface area (Å²) in [7, 11) is 1.54. The third-order valence-corrected chi connectivity index (χ3v) is 6.27. The van der Waals surface area contributed by atoms with E-state index in [0.717, 1.165) is 0 Å². The highest BCUT2D eigenvalue weighted by Gasteiger charge is 2.20. The number of nitro groups is 2. The Labute approximate surface area is 253 Å². The van der Waals surface area contributed by atoms with Crippen LogP contribution >= 0.6 is 47.8 Å². The first-order valence-corrected chi connectivity index (χ1v) is 13.3. The van der Waals surface area contributed by atoms with Gasteiger partial charge in [0, 0.05) is 44.5 Å². The van der Waals surface area contributed by atoms with Gasteiger partial charge in [-0.15, -0.1) is 0 Å². The maximum Gasteiger partial charge on any atom is 0.492 e. The zero-order valence-electron chi connectivity index (χ0n) is 20.8. The van der Waals surface area contributed by atoms with Gasteiger partial charge in [0.2, 0.25) is 0 Å². The van der Waals surface area contributed by atoms with Crippen molar-refractivity contribution in [1.29, 1.82) is 0 Å². The van der Waals surface area contributed by atoms with E-state index in [1.165, 1.54) is 38.7 Å². The molecule has 0 saturated carbocycles. The number of pyridine rings is 2. The number of benzene rings is 2. The molecule has 2 N–H and O–H groups in total. The quantitative estimate of drug-likeness (QED) is 0.114. The third kappa shape index (κ3) is 9.34. The number of rotatable bonds is 6. The Kier molecular flexibility index (Phi) is 13.1. The normalized spacial score (nSPS) is 9.78. The van der Waals surface area contributed by atoms with E-state index in [-0.39, 0.29) is 16.0 Å². The Morgan fingerprint density at radius 1 is 0.775 bits per heavy atom. The van der Waals surface area contributed by atoms with Crippen molar-refractivity contribution in [2.45, 2.75) is 0 Å². The first-order valence-electron chi connectivity index (χ1n) is 10.9. The first-order chi connectivity index (χ1) is 19.0. The number of nitrogens with zero attached hydrogens (tertiary/aromatic N) is 4. The molecule has 2 heterocycles. The molecular weight excluding hydrogens is 723 g/mol. The lowest BCUT2D eigenvalue weighted by atomic mass is 9.80. The van der Waals surface area contributed by atoms with Gasteiger partial charge in [0.05, 0.1) is 24.1 Å². The Balaban J connectivity index is 0.000000222. The molecule has 12 nitrogen and oxygen atoms in total. The topological polar surface area (TPSA) is 171 Å². The molecule has 16 heteroatoms. The van der Waals surface area contributed by atoms with Crippen LogP contribution in [0.4, 0.5) is 11.4 Å². The highest BCUT2D eigenvalue weighted by molar-refractivity contribution is 9.11. The summed E-state index contributed by atoms with van der Waals surface area (Å²) in [6.45, 7) is 0. The molecule has 0 amide bonds. The molecule has 0 radical (unpaired) electrons. The monoisotopic (exact) mass is 740 g/mol. The first kappa shape index (κ1) is 32.8. The van der Waals surface area contributed by atoms with Crippen LogP contribution in [0.25, 0.3) is 11.3 Å². The molecule has 208 valence electrons. The zero-order valence-corrected chi connectivity index (χ0v) is 25.5. The number of hydrogen-bond donors (Lipinski definition) is 2. The Morgan fingerprint density at radius 2 is 1.27 bits per heavy atom. The predicted molar refractivity (Wildman–Crippen MR) is 160 cm³/mol. The van der Waals surface area contributed by atoms with Crippen LogP contribution in [0.15, 0.2) is 86.6 Å². The second-order valence-corrected chi connectivity index (χ2v) is 9.90. The van der Waals surface area contributed by atoms with E-state index < -0.39 is 17.0 Å². The van der Waals surface area contributed by atoms with Gasteiger partial charge in [-0.3, -0.25) is 20.2 Å². The molecule has 0 aliphatic heterocycles. The summed E-state index contributed by atoms with van der Waals surface area (Å²) in [5.41, 5.74) is 1.17. The standard InChI is InChI=1S/C12H9BrN2O3.C7H9BO3.C5H2Br2N2O2/c1-18-11-5-3-2-4-9(11)12-10(15(16)17)6-8(13)7-14-12;1-11-7-5-3-2-4-6(7)8(9)10;6-3-1-4(9(10)11)5(7)8-2-3/h2-7H,1H3;2-5,9-10H,1H3;1-2H. The molecule has 0 atom stereocenters. The Morgan fingerprint density at radius 3 is 1.77 bits per heavy atom. The van der Waals surface area contributed by atoms with E-state index in [9.17, 15) is 20.2 Å². The van der Waals surface area contributed by atoms with Crippen LogP contribution < -0.4 is 14.9 Å². The van der Waals surface area contributed by atoms with Crippen molar-refractivity contribution in [3.05, 3.63) is 107 Å². The minimum absolute atomic E-state index is 0.0422. The fraction of sp³-hybridized carbons (Fsp3) is 0.0833. The zero-order chi connectivity index (χ0) is 29.8. The second kappa shape index (κ2) is 16.0. The van der Waals surface area contributed by atoms with Gasteiger partial charge in [-0.05, 0) is 66.0 Å². The molecular formula is C24H20BBr3N4O8. The van der Waals surface area contributed by atoms with Gasteiger partial charge in [0.15, 0.2) is 10.3 Å². The lowest BCUT2D eigenvalue weighted by Crippen LogP contribution is -2.30. The lowest BCUT2D eigenvalue weighted by molar-refractivity contribution is -0.386. The van der Waals surface area contributed by atoms with Gasteiger partial charge < -0.3 is 19.5 Å². The van der Waals surface area contributed by atoms with Crippen LogP contribution in [0.3, 0.4) is 0 Å². The Bertz CT molecular complexity index is 1480. The fourth-order valence-electron chi connectivity index (χ4n) is 3.04. The SMILES string of the molecule is COc1ccccc1-c1ncc(Br)cc1[N+](=O)[O-].COc1ccccc1B(O)O.O=[N+]([O-])c1cc(Br)cnc1Br. The van der Waals surface area contributed by atoms with Crippen LogP contribution in [-0.2, 0) is 0 Å². The van der Waals surface area contributed by atoms with E-state index >= 15 is 0 Å². The van der Waals surface area contributed by atoms with Gasteiger partial charge in [-0.25, -0.2) is 9.97 Å². The molecule has 0 spiro atoms. The third-order valence-electron chi connectivity index (χ3n) is 4.79. The van der Waals surface area contributed by atoms with E-state index in [0.29, 0.717) is 37.2 Å². The largest absolute Gasteiger partial charge is 0.497 e. The van der Waals surface area contributed by atoms with E-state index in [4.69, 9.17) is 19.5 Å². The molecule has 0 unspecified atom stereocenters. The number of halogens is 3. The molecule has 0 saturated heterocycles. The van der Waals surface area contributed by atoms with E-state index in [1.807, 2.05) is 0 Å². The summed E-state index contributed by atoms with van der Waals surface area (Å²) < 4.78 is 11.5. The van der Waals surface area contributed by atoms with E-state index in [2.05, 4.69) is 57.8 Å². The smallest absolute Gasteiger partial charge is 0.492 e. The van der Waals surface area contributed by atoms with Crippen molar-refractivity contribution >= 4 is 71.7 Å². The number of para-hydroxylation sites is 2. The maximum absolute atomic E-state index is 11.1. The van der Waals surface area contributed by atoms with Crippen molar-refractivity contribution in [1.82, 2.24) is 9.97 Å². The molecule has 0 fully saturated rings. The second-order valence-electron chi connectivity index (χ2n) is 7.31. The lowest BCUT2D eigenvalue weighted by Gasteiger charge is -2.07. The number of methoxy groups -OCH3 is 2. The van der Waals surface area contributed by atoms with Crippen molar-refractivity contribution in [3.8, 4) is 22.8 Å². The van der Waals surface area contributed by atoms with Crippen molar-refractivity contribution in [2.24, 2.45) is 0 Å². The van der Waals surface area contributed by atoms with Crippen molar-refractivity contribution in [2.75, 3.05) is 14.2 Å². The van der Waals surface area contributed by atoms with Gasteiger partial charge in [0.25, 0.3) is 5.69 Å². The average Bonchev–Trinajstić information content (AvgIpc) is 2.94. The molecule has 0 aliphatic rings. The van der Waals surface area contributed by atoms with Crippen LogP contribution in [0.2, 0.25) is 0 Å². The molecule has 40 heavy (non-hydrogen) atoms. The van der Waals surface area contributed by atoms with Crippen LogP contribution in [0.5, 0.6) is 11.5 Å². The summed E-state index contributed by atoms with van der Waals surface area (Å²) in [4.78, 5) is 28.2. The summed E-state index contributed by atoms with van der Waals surface area (Å²) in [6.07, 6.45) is 3.01. The van der Waals surface area contributed by atoms with Gasteiger partial charge in [0.1, 0.15) is 11.5 Å². The molecule has 4 rings (SSSR count). The number of ether oxygens (including phenoxy) is 2. The summed E-state index contributed by atoms with van der Waals surface area (Å²) in [6, 6.07) is 16.6. The number of hydrogen-bond acceptors (Lipinski definition) is 10. The average molecular weight is 743 g/mol. The van der Waals surface area contributed by atoms with Gasteiger partial charge >= 0.3 is 12.8 Å². The van der Waals surface area contributed by atoms with E-state index in [1.54, 1.807) is 48.5 Å².